The molecule has 0 saturated heterocycles. The number of nitrogens with zero attached hydrogens (tertiary/aromatic N) is 4. The maximum atomic E-state index is 11.8. The zero-order chi connectivity index (χ0) is 21.3. The minimum Gasteiger partial charge on any atom is -0.356 e. The molecule has 3 rings (SSSR count). The largest absolute Gasteiger partial charge is 0.356 e. The molecular formula is C23H31IN6O. The average Bonchev–Trinajstić information content (AvgIpc) is 3.07. The third-order valence-corrected chi connectivity index (χ3v) is 4.90. The SMILES string of the molecule is CN=C(NCCCn1nc(C)cc1C)NCc1ccc(Cn2ccccc2=O)cc1.I. The summed E-state index contributed by atoms with van der Waals surface area (Å²) in [5.74, 6) is 0.781. The third kappa shape index (κ3) is 7.54. The Bertz CT molecular complexity index is 1040. The van der Waals surface area contributed by atoms with Crippen LogP contribution < -0.4 is 16.2 Å². The van der Waals surface area contributed by atoms with Crippen molar-refractivity contribution >= 4 is 29.9 Å². The first-order valence-corrected chi connectivity index (χ1v) is 10.2. The smallest absolute Gasteiger partial charge is 0.250 e. The molecule has 0 atom stereocenters. The number of hydrogen-bond donors (Lipinski definition) is 2. The Kier molecular flexibility index (Phi) is 9.77. The quantitative estimate of drug-likeness (QED) is 0.202. The van der Waals surface area contributed by atoms with Gasteiger partial charge in [0.25, 0.3) is 5.56 Å². The Morgan fingerprint density at radius 2 is 1.81 bits per heavy atom. The topological polar surface area (TPSA) is 76.2 Å². The molecule has 31 heavy (non-hydrogen) atoms. The lowest BCUT2D eigenvalue weighted by molar-refractivity contribution is 0.555. The predicted molar refractivity (Wildman–Crippen MR) is 136 cm³/mol. The third-order valence-electron chi connectivity index (χ3n) is 4.90. The van der Waals surface area contributed by atoms with Crippen LogP contribution in [-0.4, -0.2) is 33.9 Å². The second kappa shape index (κ2) is 12.3. The molecule has 8 heteroatoms. The lowest BCUT2D eigenvalue weighted by atomic mass is 10.1. The summed E-state index contributed by atoms with van der Waals surface area (Å²) in [7, 11) is 1.77. The van der Waals surface area contributed by atoms with E-state index in [1.165, 1.54) is 5.69 Å². The molecule has 0 aliphatic heterocycles. The molecular weight excluding hydrogens is 503 g/mol. The molecule has 2 aromatic heterocycles. The van der Waals surface area contributed by atoms with Crippen LogP contribution in [0.5, 0.6) is 0 Å². The van der Waals surface area contributed by atoms with Crippen molar-refractivity contribution in [3.63, 3.8) is 0 Å². The van der Waals surface area contributed by atoms with Crippen LogP contribution in [0, 0.1) is 13.8 Å². The highest BCUT2D eigenvalue weighted by atomic mass is 127. The van der Waals surface area contributed by atoms with Crippen molar-refractivity contribution in [3.05, 3.63) is 87.6 Å². The molecule has 2 heterocycles. The summed E-state index contributed by atoms with van der Waals surface area (Å²) in [4.78, 5) is 16.1. The molecule has 0 spiro atoms. The number of nitrogens with one attached hydrogen (secondary N) is 2. The fourth-order valence-electron chi connectivity index (χ4n) is 3.29. The summed E-state index contributed by atoms with van der Waals surface area (Å²) in [6.07, 6.45) is 2.78. The average molecular weight is 534 g/mol. The number of aryl methyl sites for hydroxylation is 3. The fraction of sp³-hybridized carbons (Fsp3) is 0.348. The summed E-state index contributed by atoms with van der Waals surface area (Å²) in [5.41, 5.74) is 4.51. The lowest BCUT2D eigenvalue weighted by Gasteiger charge is -2.13. The van der Waals surface area contributed by atoms with Gasteiger partial charge in [0.15, 0.2) is 5.96 Å². The number of benzene rings is 1. The number of aliphatic imine (C=N–C) groups is 1. The van der Waals surface area contributed by atoms with E-state index in [-0.39, 0.29) is 29.5 Å². The van der Waals surface area contributed by atoms with Crippen molar-refractivity contribution in [3.8, 4) is 0 Å². The number of aromatic nitrogens is 3. The van der Waals surface area contributed by atoms with E-state index in [2.05, 4.69) is 58.0 Å². The molecule has 0 saturated carbocycles. The van der Waals surface area contributed by atoms with Crippen LogP contribution in [-0.2, 0) is 19.6 Å². The van der Waals surface area contributed by atoms with E-state index in [9.17, 15) is 4.79 Å². The zero-order valence-electron chi connectivity index (χ0n) is 18.3. The van der Waals surface area contributed by atoms with Crippen molar-refractivity contribution in [2.24, 2.45) is 4.99 Å². The minimum atomic E-state index is 0. The van der Waals surface area contributed by atoms with E-state index in [0.717, 1.165) is 42.3 Å². The molecule has 7 nitrogen and oxygen atoms in total. The van der Waals surface area contributed by atoms with Gasteiger partial charge in [-0.3, -0.25) is 14.5 Å². The highest BCUT2D eigenvalue weighted by Gasteiger charge is 2.02. The number of pyridine rings is 1. The molecule has 0 aliphatic carbocycles. The van der Waals surface area contributed by atoms with Crippen molar-refractivity contribution in [2.45, 2.75) is 39.9 Å². The van der Waals surface area contributed by atoms with Crippen molar-refractivity contribution < 1.29 is 0 Å². The van der Waals surface area contributed by atoms with Crippen LogP contribution in [0.1, 0.15) is 28.9 Å². The van der Waals surface area contributed by atoms with Crippen LogP contribution in [0.3, 0.4) is 0 Å². The number of halogens is 1. The maximum absolute atomic E-state index is 11.8. The Hall–Kier alpha value is -2.62. The summed E-state index contributed by atoms with van der Waals surface area (Å²) in [5, 5.41) is 11.2. The summed E-state index contributed by atoms with van der Waals surface area (Å²) in [6.45, 7) is 7.06. The van der Waals surface area contributed by atoms with Crippen molar-refractivity contribution in [1.29, 1.82) is 0 Å². The normalized spacial score (nSPS) is 11.1. The Morgan fingerprint density at radius 3 is 2.45 bits per heavy atom. The van der Waals surface area contributed by atoms with Gasteiger partial charge >= 0.3 is 0 Å². The molecule has 166 valence electrons. The summed E-state index contributed by atoms with van der Waals surface area (Å²) >= 11 is 0. The van der Waals surface area contributed by atoms with Gasteiger partial charge in [0.05, 0.1) is 12.2 Å². The van der Waals surface area contributed by atoms with Crippen molar-refractivity contribution in [1.82, 2.24) is 25.0 Å². The van der Waals surface area contributed by atoms with Gasteiger partial charge in [0.2, 0.25) is 0 Å². The van der Waals surface area contributed by atoms with Gasteiger partial charge in [-0.1, -0.05) is 30.3 Å². The first kappa shape index (κ1) is 24.6. The number of rotatable bonds is 8. The van der Waals surface area contributed by atoms with Crippen LogP contribution >= 0.6 is 24.0 Å². The number of hydrogen-bond acceptors (Lipinski definition) is 3. The summed E-state index contributed by atoms with van der Waals surface area (Å²) in [6, 6.07) is 15.6. The van der Waals surface area contributed by atoms with E-state index in [1.54, 1.807) is 23.7 Å². The van der Waals surface area contributed by atoms with Gasteiger partial charge in [0, 0.05) is 44.6 Å². The predicted octanol–water partition coefficient (Wildman–Crippen LogP) is 3.08. The van der Waals surface area contributed by atoms with Gasteiger partial charge < -0.3 is 15.2 Å². The molecule has 0 fully saturated rings. The standard InChI is InChI=1S/C23H30N6O.HI/c1-18-15-19(2)29(27-18)14-6-12-25-23(24-3)26-16-20-8-10-21(11-9-20)17-28-13-5-4-7-22(28)30;/h4-5,7-11,13,15H,6,12,14,16-17H2,1-3H3,(H2,24,25,26);1H. The van der Waals surface area contributed by atoms with E-state index in [4.69, 9.17) is 0 Å². The molecule has 0 aliphatic rings. The van der Waals surface area contributed by atoms with Gasteiger partial charge in [-0.25, -0.2) is 0 Å². The highest BCUT2D eigenvalue weighted by Crippen LogP contribution is 2.06. The minimum absolute atomic E-state index is 0. The molecule has 3 aromatic rings. The second-order valence-corrected chi connectivity index (χ2v) is 7.34. The van der Waals surface area contributed by atoms with Gasteiger partial charge in [-0.15, -0.1) is 24.0 Å². The maximum Gasteiger partial charge on any atom is 0.250 e. The molecule has 0 radical (unpaired) electrons. The lowest BCUT2D eigenvalue weighted by Crippen LogP contribution is -2.37. The van der Waals surface area contributed by atoms with Gasteiger partial charge in [-0.05, 0) is 43.5 Å². The van der Waals surface area contributed by atoms with E-state index in [0.29, 0.717) is 13.1 Å². The first-order chi connectivity index (χ1) is 14.5. The van der Waals surface area contributed by atoms with Crippen LogP contribution in [0.25, 0.3) is 0 Å². The van der Waals surface area contributed by atoms with Gasteiger partial charge in [-0.2, -0.15) is 5.10 Å². The second-order valence-electron chi connectivity index (χ2n) is 7.34. The van der Waals surface area contributed by atoms with Crippen molar-refractivity contribution in [2.75, 3.05) is 13.6 Å². The van der Waals surface area contributed by atoms with Crippen LogP contribution in [0.2, 0.25) is 0 Å². The fourth-order valence-corrected chi connectivity index (χ4v) is 3.29. The Balaban J connectivity index is 0.00000341. The highest BCUT2D eigenvalue weighted by molar-refractivity contribution is 14.0. The van der Waals surface area contributed by atoms with E-state index >= 15 is 0 Å². The molecule has 2 N–H and O–H groups in total. The van der Waals surface area contributed by atoms with Gasteiger partial charge in [0.1, 0.15) is 0 Å². The molecule has 0 unspecified atom stereocenters. The molecule has 1 aromatic carbocycles. The van der Waals surface area contributed by atoms with Crippen LogP contribution in [0.15, 0.2) is 64.5 Å². The van der Waals surface area contributed by atoms with E-state index in [1.807, 2.05) is 23.9 Å². The Labute approximate surface area is 200 Å². The first-order valence-electron chi connectivity index (χ1n) is 10.2. The zero-order valence-corrected chi connectivity index (χ0v) is 20.7. The summed E-state index contributed by atoms with van der Waals surface area (Å²) < 4.78 is 3.74. The van der Waals surface area contributed by atoms with E-state index < -0.39 is 0 Å². The monoisotopic (exact) mass is 534 g/mol. The molecule has 0 amide bonds. The molecule has 0 bridgehead atoms. The number of guanidine groups is 1. The Morgan fingerprint density at radius 1 is 1.06 bits per heavy atom. The van der Waals surface area contributed by atoms with Crippen LogP contribution in [0.4, 0.5) is 0 Å².